The van der Waals surface area contributed by atoms with Crippen LogP contribution in [-0.4, -0.2) is 28.2 Å². The van der Waals surface area contributed by atoms with Gasteiger partial charge in [-0.05, 0) is 30.3 Å². The fraction of sp³-hybridized carbons (Fsp3) is 0.182. The SMILES string of the molecule is CN(C)c1cccc2c(C#Cc3ccccc3)ccc(N(C)C)c12. The zero-order valence-electron chi connectivity index (χ0n) is 14.7. The molecule has 0 saturated heterocycles. The number of benzene rings is 3. The highest BCUT2D eigenvalue weighted by molar-refractivity contribution is 6.06. The summed E-state index contributed by atoms with van der Waals surface area (Å²) in [6.07, 6.45) is 0. The molecule has 0 aromatic heterocycles. The molecule has 24 heavy (non-hydrogen) atoms. The van der Waals surface area contributed by atoms with Crippen molar-refractivity contribution in [2.75, 3.05) is 38.0 Å². The number of hydrogen-bond donors (Lipinski definition) is 0. The van der Waals surface area contributed by atoms with E-state index < -0.39 is 0 Å². The van der Waals surface area contributed by atoms with Gasteiger partial charge in [0.25, 0.3) is 0 Å². The van der Waals surface area contributed by atoms with Gasteiger partial charge in [-0.15, -0.1) is 0 Å². The fourth-order valence-corrected chi connectivity index (χ4v) is 2.88. The maximum Gasteiger partial charge on any atom is 0.0462 e. The van der Waals surface area contributed by atoms with E-state index in [1.54, 1.807) is 0 Å². The second-order valence-corrected chi connectivity index (χ2v) is 6.24. The van der Waals surface area contributed by atoms with Gasteiger partial charge in [0.15, 0.2) is 0 Å². The van der Waals surface area contributed by atoms with E-state index in [0.29, 0.717) is 0 Å². The monoisotopic (exact) mass is 314 g/mol. The lowest BCUT2D eigenvalue weighted by Crippen LogP contribution is -2.13. The Bertz CT molecular complexity index is 899. The molecule has 0 spiro atoms. The highest BCUT2D eigenvalue weighted by atomic mass is 15.1. The van der Waals surface area contributed by atoms with Gasteiger partial charge in [-0.1, -0.05) is 42.2 Å². The Kier molecular flexibility index (Phi) is 4.44. The first-order valence-electron chi connectivity index (χ1n) is 8.05. The molecule has 0 fully saturated rings. The summed E-state index contributed by atoms with van der Waals surface area (Å²) in [5, 5.41) is 2.43. The summed E-state index contributed by atoms with van der Waals surface area (Å²) >= 11 is 0. The molecular formula is C22H22N2. The summed E-state index contributed by atoms with van der Waals surface area (Å²) in [5.74, 6) is 6.62. The Hall–Kier alpha value is -2.92. The van der Waals surface area contributed by atoms with Gasteiger partial charge in [-0.3, -0.25) is 0 Å². The number of rotatable bonds is 2. The number of nitrogens with zero attached hydrogens (tertiary/aromatic N) is 2. The fourth-order valence-electron chi connectivity index (χ4n) is 2.88. The summed E-state index contributed by atoms with van der Waals surface area (Å²) in [7, 11) is 8.32. The summed E-state index contributed by atoms with van der Waals surface area (Å²) in [6.45, 7) is 0. The van der Waals surface area contributed by atoms with E-state index in [1.165, 1.54) is 22.1 Å². The van der Waals surface area contributed by atoms with Gasteiger partial charge in [0.1, 0.15) is 0 Å². The lowest BCUT2D eigenvalue weighted by atomic mass is 10.00. The molecule has 2 nitrogen and oxygen atoms in total. The van der Waals surface area contributed by atoms with E-state index in [1.807, 2.05) is 30.3 Å². The third-order valence-electron chi connectivity index (χ3n) is 4.08. The molecule has 0 atom stereocenters. The van der Waals surface area contributed by atoms with E-state index in [0.717, 1.165) is 11.1 Å². The molecule has 120 valence electrons. The quantitative estimate of drug-likeness (QED) is 0.648. The molecule has 0 N–H and O–H groups in total. The first-order valence-corrected chi connectivity index (χ1v) is 8.05. The van der Waals surface area contributed by atoms with E-state index in [9.17, 15) is 0 Å². The van der Waals surface area contributed by atoms with Crippen LogP contribution in [0.3, 0.4) is 0 Å². The Morgan fingerprint density at radius 1 is 0.625 bits per heavy atom. The van der Waals surface area contributed by atoms with Crippen molar-refractivity contribution in [3.8, 4) is 11.8 Å². The van der Waals surface area contributed by atoms with Gasteiger partial charge in [0.05, 0.1) is 0 Å². The zero-order valence-corrected chi connectivity index (χ0v) is 14.7. The Morgan fingerprint density at radius 3 is 1.96 bits per heavy atom. The van der Waals surface area contributed by atoms with Crippen LogP contribution in [0.5, 0.6) is 0 Å². The van der Waals surface area contributed by atoms with Crippen molar-refractivity contribution in [2.24, 2.45) is 0 Å². The van der Waals surface area contributed by atoms with E-state index >= 15 is 0 Å². The first kappa shape index (κ1) is 16.0. The molecular weight excluding hydrogens is 292 g/mol. The average Bonchev–Trinajstić information content (AvgIpc) is 2.59. The Balaban J connectivity index is 2.23. The largest absolute Gasteiger partial charge is 0.377 e. The van der Waals surface area contributed by atoms with Crippen molar-refractivity contribution in [1.82, 2.24) is 0 Å². The number of fused-ring (bicyclic) bond motifs is 1. The minimum absolute atomic E-state index is 1.03. The van der Waals surface area contributed by atoms with Crippen molar-refractivity contribution in [2.45, 2.75) is 0 Å². The summed E-state index contributed by atoms with van der Waals surface area (Å²) in [5.41, 5.74) is 4.51. The van der Waals surface area contributed by atoms with E-state index in [2.05, 4.69) is 80.2 Å². The average molecular weight is 314 g/mol. The molecule has 3 rings (SSSR count). The molecule has 3 aromatic carbocycles. The number of anilines is 2. The standard InChI is InChI=1S/C22H22N2/c1-23(2)20-12-8-11-19-18(14-13-17-9-6-5-7-10-17)15-16-21(22(19)20)24(3)4/h5-12,15-16H,1-4H3. The Labute approximate surface area is 144 Å². The summed E-state index contributed by atoms with van der Waals surface area (Å²) in [6, 6.07) is 20.8. The van der Waals surface area contributed by atoms with Gasteiger partial charge in [0, 0.05) is 61.5 Å². The van der Waals surface area contributed by atoms with Crippen LogP contribution in [0.25, 0.3) is 10.8 Å². The van der Waals surface area contributed by atoms with Crippen LogP contribution in [-0.2, 0) is 0 Å². The third-order valence-corrected chi connectivity index (χ3v) is 4.08. The molecule has 0 aliphatic heterocycles. The van der Waals surface area contributed by atoms with Gasteiger partial charge in [-0.2, -0.15) is 0 Å². The highest BCUT2D eigenvalue weighted by Gasteiger charge is 2.11. The van der Waals surface area contributed by atoms with Crippen molar-refractivity contribution in [3.63, 3.8) is 0 Å². The molecule has 0 radical (unpaired) electrons. The minimum Gasteiger partial charge on any atom is -0.377 e. The minimum atomic E-state index is 1.03. The second kappa shape index (κ2) is 6.68. The molecule has 0 bridgehead atoms. The van der Waals surface area contributed by atoms with Crippen LogP contribution in [0, 0.1) is 11.8 Å². The van der Waals surface area contributed by atoms with Crippen LogP contribution >= 0.6 is 0 Å². The van der Waals surface area contributed by atoms with Crippen LogP contribution in [0.4, 0.5) is 11.4 Å². The van der Waals surface area contributed by atoms with Crippen molar-refractivity contribution in [3.05, 3.63) is 71.8 Å². The topological polar surface area (TPSA) is 6.48 Å². The molecule has 0 amide bonds. The smallest absolute Gasteiger partial charge is 0.0462 e. The molecule has 0 saturated carbocycles. The lowest BCUT2D eigenvalue weighted by molar-refractivity contribution is 1.12. The maximum absolute atomic E-state index is 3.35. The molecule has 0 aliphatic carbocycles. The van der Waals surface area contributed by atoms with Crippen LogP contribution in [0.1, 0.15) is 11.1 Å². The van der Waals surface area contributed by atoms with Crippen LogP contribution in [0.15, 0.2) is 60.7 Å². The predicted molar refractivity (Wildman–Crippen MR) is 105 cm³/mol. The molecule has 3 aromatic rings. The van der Waals surface area contributed by atoms with Gasteiger partial charge in [-0.25, -0.2) is 0 Å². The predicted octanol–water partition coefficient (Wildman–Crippen LogP) is 4.37. The van der Waals surface area contributed by atoms with Crippen LogP contribution < -0.4 is 9.80 Å². The molecule has 0 unspecified atom stereocenters. The van der Waals surface area contributed by atoms with Crippen molar-refractivity contribution < 1.29 is 0 Å². The summed E-state index contributed by atoms with van der Waals surface area (Å²) < 4.78 is 0. The molecule has 0 heterocycles. The Morgan fingerprint density at radius 2 is 1.29 bits per heavy atom. The van der Waals surface area contributed by atoms with Gasteiger partial charge in [0.2, 0.25) is 0 Å². The van der Waals surface area contributed by atoms with Gasteiger partial charge >= 0.3 is 0 Å². The summed E-state index contributed by atoms with van der Waals surface area (Å²) in [4.78, 5) is 4.31. The maximum atomic E-state index is 3.35. The van der Waals surface area contributed by atoms with Gasteiger partial charge < -0.3 is 9.80 Å². The zero-order chi connectivity index (χ0) is 17.1. The third kappa shape index (κ3) is 3.07. The molecule has 2 heteroatoms. The number of hydrogen-bond acceptors (Lipinski definition) is 2. The van der Waals surface area contributed by atoms with E-state index in [4.69, 9.17) is 0 Å². The van der Waals surface area contributed by atoms with Crippen molar-refractivity contribution >= 4 is 22.1 Å². The normalized spacial score (nSPS) is 10.2. The second-order valence-electron chi connectivity index (χ2n) is 6.24. The lowest BCUT2D eigenvalue weighted by Gasteiger charge is -2.22. The van der Waals surface area contributed by atoms with Crippen LogP contribution in [0.2, 0.25) is 0 Å². The highest BCUT2D eigenvalue weighted by Crippen LogP contribution is 2.35. The first-order chi connectivity index (χ1) is 11.6. The van der Waals surface area contributed by atoms with Crippen molar-refractivity contribution in [1.29, 1.82) is 0 Å². The molecule has 0 aliphatic rings. The van der Waals surface area contributed by atoms with E-state index in [-0.39, 0.29) is 0 Å².